The van der Waals surface area contributed by atoms with Crippen LogP contribution in [0.5, 0.6) is 0 Å². The van der Waals surface area contributed by atoms with E-state index in [9.17, 15) is 0 Å². The third kappa shape index (κ3) is 4.39. The molecule has 2 rings (SSSR count). The van der Waals surface area contributed by atoms with Gasteiger partial charge in [0.25, 0.3) is 0 Å². The fraction of sp³-hybridized carbons (Fsp3) is 0.250. The fourth-order valence-electron chi connectivity index (χ4n) is 2.07. The van der Waals surface area contributed by atoms with Crippen molar-refractivity contribution in [3.63, 3.8) is 0 Å². The minimum absolute atomic E-state index is 0.436. The van der Waals surface area contributed by atoms with E-state index >= 15 is 0 Å². The third-order valence-corrected chi connectivity index (χ3v) is 2.87. The molecule has 0 spiro atoms. The number of rotatable bonds is 4. The number of pyridine rings is 1. The largest absolute Gasteiger partial charge is 0.370 e. The molecular formula is C16H20N4. The summed E-state index contributed by atoms with van der Waals surface area (Å²) in [7, 11) is 0. The molecule has 0 aliphatic heterocycles. The van der Waals surface area contributed by atoms with Crippen molar-refractivity contribution in [3.8, 4) is 0 Å². The number of nitrogens with two attached hydrogens (primary N) is 1. The highest BCUT2D eigenvalue weighted by molar-refractivity contribution is 5.92. The molecule has 0 aliphatic rings. The third-order valence-electron chi connectivity index (χ3n) is 2.87. The van der Waals surface area contributed by atoms with Crippen LogP contribution >= 0.6 is 0 Å². The maximum Gasteiger partial charge on any atom is 0.193 e. The Bertz CT molecular complexity index is 570. The summed E-state index contributed by atoms with van der Waals surface area (Å²) in [5, 5.41) is 3.12. The number of aliphatic imine (C=N–C) groups is 1. The molecule has 104 valence electrons. The molecule has 0 saturated carbocycles. The van der Waals surface area contributed by atoms with Crippen LogP contribution in [-0.2, 0) is 6.42 Å². The van der Waals surface area contributed by atoms with Crippen LogP contribution in [0.15, 0.2) is 47.6 Å². The van der Waals surface area contributed by atoms with Gasteiger partial charge in [0.2, 0.25) is 0 Å². The second-order valence-corrected chi connectivity index (χ2v) is 4.84. The topological polar surface area (TPSA) is 63.3 Å². The first-order valence-corrected chi connectivity index (χ1v) is 6.68. The zero-order valence-electron chi connectivity index (χ0n) is 11.9. The SMILES string of the molecule is Cc1cc(C)cc(NC(N)=NCCc2ccccn2)c1. The Kier molecular flexibility index (Phi) is 4.71. The summed E-state index contributed by atoms with van der Waals surface area (Å²) in [6.07, 6.45) is 2.58. The monoisotopic (exact) mass is 268 g/mol. The smallest absolute Gasteiger partial charge is 0.193 e. The lowest BCUT2D eigenvalue weighted by Crippen LogP contribution is -2.23. The Hall–Kier alpha value is -2.36. The van der Waals surface area contributed by atoms with Gasteiger partial charge in [-0.25, -0.2) is 0 Å². The summed E-state index contributed by atoms with van der Waals surface area (Å²) in [6, 6.07) is 12.1. The molecule has 4 nitrogen and oxygen atoms in total. The number of hydrogen-bond donors (Lipinski definition) is 2. The van der Waals surface area contributed by atoms with Crippen LogP contribution in [0.2, 0.25) is 0 Å². The lowest BCUT2D eigenvalue weighted by atomic mass is 10.1. The van der Waals surface area contributed by atoms with Gasteiger partial charge in [0.15, 0.2) is 5.96 Å². The summed E-state index contributed by atoms with van der Waals surface area (Å²) in [6.45, 7) is 4.75. The lowest BCUT2D eigenvalue weighted by molar-refractivity contribution is 0.921. The van der Waals surface area contributed by atoms with Crippen molar-refractivity contribution < 1.29 is 0 Å². The number of nitrogens with one attached hydrogen (secondary N) is 1. The molecule has 0 aliphatic carbocycles. The zero-order valence-corrected chi connectivity index (χ0v) is 11.9. The normalized spacial score (nSPS) is 11.4. The van der Waals surface area contributed by atoms with Gasteiger partial charge in [-0.1, -0.05) is 12.1 Å². The lowest BCUT2D eigenvalue weighted by Gasteiger charge is -2.08. The predicted octanol–water partition coefficient (Wildman–Crippen LogP) is 2.67. The van der Waals surface area contributed by atoms with Crippen molar-refractivity contribution in [3.05, 3.63) is 59.4 Å². The molecule has 0 amide bonds. The van der Waals surface area contributed by atoms with Gasteiger partial charge in [0.1, 0.15) is 0 Å². The number of benzene rings is 1. The molecule has 4 heteroatoms. The number of hydrogen-bond acceptors (Lipinski definition) is 2. The summed E-state index contributed by atoms with van der Waals surface area (Å²) >= 11 is 0. The first-order chi connectivity index (χ1) is 9.63. The number of guanidine groups is 1. The van der Waals surface area contributed by atoms with E-state index in [0.717, 1.165) is 17.8 Å². The van der Waals surface area contributed by atoms with E-state index in [1.165, 1.54) is 11.1 Å². The molecule has 1 heterocycles. The van der Waals surface area contributed by atoms with Gasteiger partial charge in [-0.15, -0.1) is 0 Å². The van der Waals surface area contributed by atoms with Crippen LogP contribution < -0.4 is 11.1 Å². The van der Waals surface area contributed by atoms with E-state index in [-0.39, 0.29) is 0 Å². The van der Waals surface area contributed by atoms with Gasteiger partial charge >= 0.3 is 0 Å². The number of aromatic nitrogens is 1. The standard InChI is InChI=1S/C16H20N4/c1-12-9-13(2)11-15(10-12)20-16(17)19-8-6-14-5-3-4-7-18-14/h3-5,7,9-11H,6,8H2,1-2H3,(H3,17,19,20). The highest BCUT2D eigenvalue weighted by Gasteiger charge is 1.98. The number of anilines is 1. The van der Waals surface area contributed by atoms with Crippen molar-refractivity contribution in [2.45, 2.75) is 20.3 Å². The van der Waals surface area contributed by atoms with Gasteiger partial charge in [0, 0.05) is 30.5 Å². The highest BCUT2D eigenvalue weighted by Crippen LogP contribution is 2.13. The minimum atomic E-state index is 0.436. The molecule has 1 aromatic carbocycles. The molecule has 2 aromatic rings. The molecule has 0 saturated heterocycles. The second-order valence-electron chi connectivity index (χ2n) is 4.84. The zero-order chi connectivity index (χ0) is 14.4. The molecular weight excluding hydrogens is 248 g/mol. The molecule has 20 heavy (non-hydrogen) atoms. The fourth-order valence-corrected chi connectivity index (χ4v) is 2.07. The summed E-state index contributed by atoms with van der Waals surface area (Å²) < 4.78 is 0. The van der Waals surface area contributed by atoms with Crippen molar-refractivity contribution in [2.75, 3.05) is 11.9 Å². The predicted molar refractivity (Wildman–Crippen MR) is 84.0 cm³/mol. The first-order valence-electron chi connectivity index (χ1n) is 6.68. The molecule has 0 radical (unpaired) electrons. The Morgan fingerprint density at radius 3 is 2.60 bits per heavy atom. The second kappa shape index (κ2) is 6.70. The minimum Gasteiger partial charge on any atom is -0.370 e. The average Bonchev–Trinajstić information content (AvgIpc) is 2.38. The Balaban J connectivity index is 1.90. The van der Waals surface area contributed by atoms with Crippen molar-refractivity contribution in [1.82, 2.24) is 4.98 Å². The molecule has 3 N–H and O–H groups in total. The first kappa shape index (κ1) is 14.1. The average molecular weight is 268 g/mol. The number of aryl methyl sites for hydroxylation is 2. The van der Waals surface area contributed by atoms with Crippen LogP contribution in [-0.4, -0.2) is 17.5 Å². The van der Waals surface area contributed by atoms with Crippen LogP contribution in [0.1, 0.15) is 16.8 Å². The van der Waals surface area contributed by atoms with Gasteiger partial charge in [-0.3, -0.25) is 9.98 Å². The summed E-state index contributed by atoms with van der Waals surface area (Å²) in [5.74, 6) is 0.436. The molecule has 0 bridgehead atoms. The molecule has 0 atom stereocenters. The Labute approximate surface area is 119 Å². The van der Waals surface area contributed by atoms with Gasteiger partial charge in [-0.2, -0.15) is 0 Å². The van der Waals surface area contributed by atoms with E-state index in [1.807, 2.05) is 30.3 Å². The van der Waals surface area contributed by atoms with Crippen LogP contribution in [0.25, 0.3) is 0 Å². The van der Waals surface area contributed by atoms with Crippen molar-refractivity contribution in [1.29, 1.82) is 0 Å². The number of nitrogens with zero attached hydrogens (tertiary/aromatic N) is 2. The van der Waals surface area contributed by atoms with Crippen molar-refractivity contribution >= 4 is 11.6 Å². The maximum absolute atomic E-state index is 5.89. The van der Waals surface area contributed by atoms with Gasteiger partial charge in [0.05, 0.1) is 0 Å². The van der Waals surface area contributed by atoms with Crippen LogP contribution in [0.4, 0.5) is 5.69 Å². The van der Waals surface area contributed by atoms with E-state index < -0.39 is 0 Å². The highest BCUT2D eigenvalue weighted by atomic mass is 15.1. The maximum atomic E-state index is 5.89. The van der Waals surface area contributed by atoms with Crippen molar-refractivity contribution in [2.24, 2.45) is 10.7 Å². The van der Waals surface area contributed by atoms with E-state index in [2.05, 4.69) is 35.2 Å². The quantitative estimate of drug-likeness (QED) is 0.662. The molecule has 1 aromatic heterocycles. The van der Waals surface area contributed by atoms with Crippen LogP contribution in [0.3, 0.4) is 0 Å². The van der Waals surface area contributed by atoms with E-state index in [0.29, 0.717) is 12.5 Å². The van der Waals surface area contributed by atoms with Crippen LogP contribution in [0, 0.1) is 13.8 Å². The van der Waals surface area contributed by atoms with Gasteiger partial charge in [-0.05, 0) is 49.2 Å². The molecule has 0 unspecified atom stereocenters. The molecule has 0 fully saturated rings. The Morgan fingerprint density at radius 2 is 1.95 bits per heavy atom. The summed E-state index contributed by atoms with van der Waals surface area (Å²) in [5.41, 5.74) is 10.3. The van der Waals surface area contributed by atoms with E-state index in [1.54, 1.807) is 6.20 Å². The van der Waals surface area contributed by atoms with Gasteiger partial charge < -0.3 is 11.1 Å². The Morgan fingerprint density at radius 1 is 1.20 bits per heavy atom. The van der Waals surface area contributed by atoms with E-state index in [4.69, 9.17) is 5.73 Å². The summed E-state index contributed by atoms with van der Waals surface area (Å²) in [4.78, 5) is 8.57.